The number of nitrogens with zero attached hydrogens (tertiary/aromatic N) is 1. The molecule has 0 aliphatic heterocycles. The Labute approximate surface area is 130 Å². The van der Waals surface area contributed by atoms with Crippen LogP contribution in [0.5, 0.6) is 0 Å². The van der Waals surface area contributed by atoms with Crippen LogP contribution in [-0.4, -0.2) is 16.6 Å². The van der Waals surface area contributed by atoms with E-state index in [9.17, 15) is 4.79 Å². The van der Waals surface area contributed by atoms with Gasteiger partial charge in [0.1, 0.15) is 9.39 Å². The Bertz CT molecular complexity index is 628. The minimum Gasteiger partial charge on any atom is -0.377 e. The molecular formula is C14H16IN3O2. The number of hydrogen-bond donors (Lipinski definition) is 2. The van der Waals surface area contributed by atoms with Crippen molar-refractivity contribution in [3.63, 3.8) is 0 Å². The fraction of sp³-hybridized carbons (Fsp3) is 0.286. The Morgan fingerprint density at radius 3 is 2.85 bits per heavy atom. The second-order valence-electron chi connectivity index (χ2n) is 4.15. The van der Waals surface area contributed by atoms with Gasteiger partial charge in [0, 0.05) is 13.2 Å². The molecule has 0 aliphatic carbocycles. The molecule has 1 aromatic carbocycles. The van der Waals surface area contributed by atoms with Crippen molar-refractivity contribution in [1.29, 1.82) is 0 Å². The van der Waals surface area contributed by atoms with Crippen LogP contribution in [0.1, 0.15) is 18.1 Å². The van der Waals surface area contributed by atoms with Gasteiger partial charge in [-0.3, -0.25) is 4.79 Å². The third-order valence-corrected chi connectivity index (χ3v) is 3.82. The monoisotopic (exact) mass is 385 g/mol. The lowest BCUT2D eigenvalue weighted by Gasteiger charge is -2.11. The molecule has 20 heavy (non-hydrogen) atoms. The number of rotatable bonds is 6. The number of ether oxygens (including phenoxy) is 1. The van der Waals surface area contributed by atoms with Gasteiger partial charge in [0.05, 0.1) is 12.9 Å². The zero-order valence-corrected chi connectivity index (χ0v) is 13.3. The van der Waals surface area contributed by atoms with Gasteiger partial charge in [-0.15, -0.1) is 0 Å². The third kappa shape index (κ3) is 3.80. The molecule has 6 heteroatoms. The van der Waals surface area contributed by atoms with Gasteiger partial charge in [-0.2, -0.15) is 0 Å². The van der Waals surface area contributed by atoms with E-state index in [0.29, 0.717) is 29.1 Å². The summed E-state index contributed by atoms with van der Waals surface area (Å²) >= 11 is 1.99. The second kappa shape index (κ2) is 7.39. The van der Waals surface area contributed by atoms with Crippen LogP contribution in [0.25, 0.3) is 0 Å². The Balaban J connectivity index is 2.11. The highest BCUT2D eigenvalue weighted by Gasteiger charge is 2.06. The summed E-state index contributed by atoms with van der Waals surface area (Å²) in [6.45, 7) is 3.86. The lowest BCUT2D eigenvalue weighted by Crippen LogP contribution is -2.15. The number of aromatic nitrogens is 2. The first-order valence-corrected chi connectivity index (χ1v) is 7.41. The van der Waals surface area contributed by atoms with Crippen molar-refractivity contribution in [2.75, 3.05) is 11.9 Å². The maximum atomic E-state index is 11.5. The van der Waals surface area contributed by atoms with Crippen molar-refractivity contribution < 1.29 is 4.74 Å². The van der Waals surface area contributed by atoms with Crippen molar-refractivity contribution in [1.82, 2.24) is 9.97 Å². The summed E-state index contributed by atoms with van der Waals surface area (Å²) < 4.78 is 6.02. The van der Waals surface area contributed by atoms with Crippen LogP contribution in [0.15, 0.2) is 35.4 Å². The standard InChI is InChI=1S/C14H16IN3O2/c1-2-20-8-11-6-4-3-5-10(11)7-16-13-12(15)14(19)18-9-17-13/h3-6,9H,2,7-8H2,1H3,(H2,16,17,18,19). The van der Waals surface area contributed by atoms with E-state index in [-0.39, 0.29) is 5.56 Å². The fourth-order valence-electron chi connectivity index (χ4n) is 1.77. The molecule has 2 rings (SSSR count). The predicted octanol–water partition coefficient (Wildman–Crippen LogP) is 2.52. The van der Waals surface area contributed by atoms with Gasteiger partial charge in [0.15, 0.2) is 0 Å². The van der Waals surface area contributed by atoms with Gasteiger partial charge in [0.25, 0.3) is 5.56 Å². The second-order valence-corrected chi connectivity index (χ2v) is 5.23. The first-order chi connectivity index (χ1) is 9.72. The first kappa shape index (κ1) is 15.0. The molecule has 0 saturated carbocycles. The van der Waals surface area contributed by atoms with Gasteiger partial charge in [-0.1, -0.05) is 24.3 Å². The summed E-state index contributed by atoms with van der Waals surface area (Å²) in [5, 5.41) is 3.19. The zero-order chi connectivity index (χ0) is 14.4. The van der Waals surface area contributed by atoms with E-state index in [4.69, 9.17) is 4.74 Å². The average molecular weight is 385 g/mol. The highest BCUT2D eigenvalue weighted by Crippen LogP contribution is 2.14. The molecule has 0 aliphatic rings. The normalized spacial score (nSPS) is 10.5. The molecule has 0 fully saturated rings. The lowest BCUT2D eigenvalue weighted by molar-refractivity contribution is 0.133. The lowest BCUT2D eigenvalue weighted by atomic mass is 10.1. The molecule has 0 bridgehead atoms. The van der Waals surface area contributed by atoms with Crippen molar-refractivity contribution in [3.05, 3.63) is 55.6 Å². The van der Waals surface area contributed by atoms with Crippen LogP contribution < -0.4 is 10.9 Å². The molecular weight excluding hydrogens is 369 g/mol. The summed E-state index contributed by atoms with van der Waals surface area (Å²) in [6.07, 6.45) is 1.40. The number of anilines is 1. The molecule has 0 spiro atoms. The molecule has 5 nitrogen and oxygen atoms in total. The predicted molar refractivity (Wildman–Crippen MR) is 86.7 cm³/mol. The van der Waals surface area contributed by atoms with Crippen LogP contribution in [0, 0.1) is 3.57 Å². The summed E-state index contributed by atoms with van der Waals surface area (Å²) in [5.74, 6) is 0.598. The minimum absolute atomic E-state index is 0.134. The molecule has 1 heterocycles. The molecule has 2 aromatic rings. The molecule has 106 valence electrons. The number of hydrogen-bond acceptors (Lipinski definition) is 4. The Kier molecular flexibility index (Phi) is 5.54. The number of aromatic amines is 1. The average Bonchev–Trinajstić information content (AvgIpc) is 2.47. The number of H-pyrrole nitrogens is 1. The van der Waals surface area contributed by atoms with E-state index in [2.05, 4.69) is 15.3 Å². The Hall–Kier alpha value is -1.41. The highest BCUT2D eigenvalue weighted by molar-refractivity contribution is 14.1. The molecule has 0 radical (unpaired) electrons. The molecule has 0 unspecified atom stereocenters. The molecule has 0 amide bonds. The van der Waals surface area contributed by atoms with Crippen LogP contribution in [0.4, 0.5) is 5.82 Å². The quantitative estimate of drug-likeness (QED) is 0.751. The molecule has 0 atom stereocenters. The van der Waals surface area contributed by atoms with E-state index in [1.54, 1.807) is 0 Å². The maximum absolute atomic E-state index is 11.5. The number of benzene rings is 1. The van der Waals surface area contributed by atoms with Crippen LogP contribution >= 0.6 is 22.6 Å². The highest BCUT2D eigenvalue weighted by atomic mass is 127. The van der Waals surface area contributed by atoms with E-state index >= 15 is 0 Å². The maximum Gasteiger partial charge on any atom is 0.266 e. The van der Waals surface area contributed by atoms with Crippen molar-refractivity contribution in [2.24, 2.45) is 0 Å². The Morgan fingerprint density at radius 1 is 1.35 bits per heavy atom. The van der Waals surface area contributed by atoms with Gasteiger partial charge >= 0.3 is 0 Å². The SMILES string of the molecule is CCOCc1ccccc1CNc1nc[nH]c(=O)c1I. The molecule has 0 saturated heterocycles. The van der Waals surface area contributed by atoms with Crippen molar-refractivity contribution >= 4 is 28.4 Å². The van der Waals surface area contributed by atoms with Crippen LogP contribution in [0.3, 0.4) is 0 Å². The zero-order valence-electron chi connectivity index (χ0n) is 11.1. The van der Waals surface area contributed by atoms with E-state index in [1.165, 1.54) is 6.33 Å². The van der Waals surface area contributed by atoms with Gasteiger partial charge in [-0.25, -0.2) is 4.98 Å². The minimum atomic E-state index is -0.134. The fourth-order valence-corrected chi connectivity index (χ4v) is 2.25. The summed E-state index contributed by atoms with van der Waals surface area (Å²) in [5.41, 5.74) is 2.14. The largest absolute Gasteiger partial charge is 0.377 e. The Morgan fingerprint density at radius 2 is 2.10 bits per heavy atom. The van der Waals surface area contributed by atoms with E-state index in [0.717, 1.165) is 11.1 Å². The van der Waals surface area contributed by atoms with Gasteiger partial charge in [0.2, 0.25) is 0 Å². The van der Waals surface area contributed by atoms with E-state index < -0.39 is 0 Å². The summed E-state index contributed by atoms with van der Waals surface area (Å²) in [4.78, 5) is 18.2. The van der Waals surface area contributed by atoms with Crippen molar-refractivity contribution in [2.45, 2.75) is 20.1 Å². The van der Waals surface area contributed by atoms with Gasteiger partial charge in [-0.05, 0) is 40.6 Å². The van der Waals surface area contributed by atoms with Gasteiger partial charge < -0.3 is 15.0 Å². The molecule has 1 aromatic heterocycles. The van der Waals surface area contributed by atoms with Crippen LogP contribution in [0.2, 0.25) is 0 Å². The number of halogens is 1. The smallest absolute Gasteiger partial charge is 0.266 e. The van der Waals surface area contributed by atoms with Crippen molar-refractivity contribution in [3.8, 4) is 0 Å². The summed E-state index contributed by atoms with van der Waals surface area (Å²) in [6, 6.07) is 8.07. The molecule has 2 N–H and O–H groups in total. The third-order valence-electron chi connectivity index (χ3n) is 2.82. The van der Waals surface area contributed by atoms with E-state index in [1.807, 2.05) is 53.8 Å². The first-order valence-electron chi connectivity index (χ1n) is 6.34. The van der Waals surface area contributed by atoms with Crippen LogP contribution in [-0.2, 0) is 17.9 Å². The topological polar surface area (TPSA) is 67.0 Å². The number of nitrogens with one attached hydrogen (secondary N) is 2. The summed E-state index contributed by atoms with van der Waals surface area (Å²) in [7, 11) is 0.